The molecular formula is C22H24N4O2. The lowest BCUT2D eigenvalue weighted by Gasteiger charge is -2.24. The fourth-order valence-electron chi connectivity index (χ4n) is 3.74. The zero-order valence-corrected chi connectivity index (χ0v) is 16.4. The van der Waals surface area contributed by atoms with Crippen LogP contribution >= 0.6 is 0 Å². The highest BCUT2D eigenvalue weighted by Crippen LogP contribution is 2.32. The lowest BCUT2D eigenvalue weighted by atomic mass is 9.97. The number of aromatic nitrogens is 2. The smallest absolute Gasteiger partial charge is 0.253 e. The molecule has 0 N–H and O–H groups in total. The van der Waals surface area contributed by atoms with Crippen molar-refractivity contribution >= 4 is 5.91 Å². The molecular weight excluding hydrogens is 352 g/mol. The van der Waals surface area contributed by atoms with E-state index in [2.05, 4.69) is 22.1 Å². The van der Waals surface area contributed by atoms with Gasteiger partial charge < -0.3 is 14.2 Å². The van der Waals surface area contributed by atoms with E-state index in [0.29, 0.717) is 17.3 Å². The summed E-state index contributed by atoms with van der Waals surface area (Å²) in [6.45, 7) is 3.72. The standard InChI is InChI=1S/C22H24N4O2/c1-15-23-24-21(28-15)20-10-5-4-9-19(20)16-7-6-8-17(13-16)22(27)26(3)18-11-12-25(2)14-18/h4-10,13,18H,11-12,14H2,1-3H3. The van der Waals surface area contributed by atoms with E-state index in [1.807, 2.05) is 60.5 Å². The topological polar surface area (TPSA) is 62.5 Å². The zero-order valence-electron chi connectivity index (χ0n) is 16.4. The molecule has 1 atom stereocenters. The van der Waals surface area contributed by atoms with Crippen LogP contribution in [0.2, 0.25) is 0 Å². The fraction of sp³-hybridized carbons (Fsp3) is 0.318. The molecule has 1 saturated heterocycles. The van der Waals surface area contributed by atoms with Gasteiger partial charge in [0.1, 0.15) is 0 Å². The van der Waals surface area contributed by atoms with Crippen molar-refractivity contribution in [3.05, 3.63) is 60.0 Å². The maximum absolute atomic E-state index is 13.0. The molecule has 3 aromatic rings. The zero-order chi connectivity index (χ0) is 19.7. The molecule has 1 fully saturated rings. The van der Waals surface area contributed by atoms with Crippen molar-refractivity contribution in [2.45, 2.75) is 19.4 Å². The Balaban J connectivity index is 1.66. The molecule has 2 aromatic carbocycles. The lowest BCUT2D eigenvalue weighted by molar-refractivity contribution is 0.0737. The molecule has 6 nitrogen and oxygen atoms in total. The van der Waals surface area contributed by atoms with Gasteiger partial charge in [0.2, 0.25) is 11.8 Å². The van der Waals surface area contributed by atoms with Gasteiger partial charge in [-0.25, -0.2) is 0 Å². The minimum Gasteiger partial charge on any atom is -0.421 e. The minimum absolute atomic E-state index is 0.0493. The SMILES string of the molecule is Cc1nnc(-c2ccccc2-c2cccc(C(=O)N(C)C3CCN(C)C3)c2)o1. The van der Waals surface area contributed by atoms with Gasteiger partial charge >= 0.3 is 0 Å². The quantitative estimate of drug-likeness (QED) is 0.697. The van der Waals surface area contributed by atoms with E-state index in [1.165, 1.54) is 0 Å². The minimum atomic E-state index is 0.0493. The van der Waals surface area contributed by atoms with Crippen molar-refractivity contribution < 1.29 is 9.21 Å². The van der Waals surface area contributed by atoms with Crippen molar-refractivity contribution in [2.24, 2.45) is 0 Å². The van der Waals surface area contributed by atoms with Crippen molar-refractivity contribution in [3.8, 4) is 22.6 Å². The highest BCUT2D eigenvalue weighted by molar-refractivity contribution is 5.96. The number of benzene rings is 2. The van der Waals surface area contributed by atoms with E-state index < -0.39 is 0 Å². The molecule has 1 amide bonds. The monoisotopic (exact) mass is 376 g/mol. The molecule has 4 rings (SSSR count). The van der Waals surface area contributed by atoms with Gasteiger partial charge in [-0.2, -0.15) is 0 Å². The van der Waals surface area contributed by atoms with Crippen LogP contribution in [0.4, 0.5) is 0 Å². The number of carbonyl (C=O) groups is 1. The molecule has 0 radical (unpaired) electrons. The van der Waals surface area contributed by atoms with Gasteiger partial charge in [0.15, 0.2) is 0 Å². The Labute approximate surface area is 164 Å². The predicted molar refractivity (Wildman–Crippen MR) is 108 cm³/mol. The Bertz CT molecular complexity index is 997. The second kappa shape index (κ2) is 7.56. The summed E-state index contributed by atoms with van der Waals surface area (Å²) in [7, 11) is 3.99. The summed E-state index contributed by atoms with van der Waals surface area (Å²) >= 11 is 0. The number of nitrogens with zero attached hydrogens (tertiary/aromatic N) is 4. The predicted octanol–water partition coefficient (Wildman–Crippen LogP) is 3.49. The molecule has 1 aromatic heterocycles. The van der Waals surface area contributed by atoms with Crippen LogP contribution in [-0.4, -0.2) is 59.1 Å². The molecule has 2 heterocycles. The molecule has 6 heteroatoms. The largest absolute Gasteiger partial charge is 0.421 e. The number of hydrogen-bond donors (Lipinski definition) is 0. The first-order valence-electron chi connectivity index (χ1n) is 9.48. The van der Waals surface area contributed by atoms with Gasteiger partial charge in [0.25, 0.3) is 5.91 Å². The number of carbonyl (C=O) groups excluding carboxylic acids is 1. The van der Waals surface area contributed by atoms with Crippen LogP contribution in [0.1, 0.15) is 22.7 Å². The van der Waals surface area contributed by atoms with E-state index in [0.717, 1.165) is 36.2 Å². The van der Waals surface area contributed by atoms with Crippen LogP contribution in [0, 0.1) is 6.92 Å². The molecule has 1 unspecified atom stereocenters. The molecule has 28 heavy (non-hydrogen) atoms. The Hall–Kier alpha value is -2.99. The Morgan fingerprint density at radius 1 is 1.14 bits per heavy atom. The van der Waals surface area contributed by atoms with Crippen molar-refractivity contribution in [1.29, 1.82) is 0 Å². The first-order chi connectivity index (χ1) is 13.5. The van der Waals surface area contributed by atoms with E-state index in [4.69, 9.17) is 4.42 Å². The van der Waals surface area contributed by atoms with Crippen molar-refractivity contribution in [2.75, 3.05) is 27.2 Å². The fourth-order valence-corrected chi connectivity index (χ4v) is 3.74. The van der Waals surface area contributed by atoms with E-state index >= 15 is 0 Å². The lowest BCUT2D eigenvalue weighted by Crippen LogP contribution is -2.38. The number of likely N-dealkylation sites (tertiary alicyclic amines) is 1. The van der Waals surface area contributed by atoms with Gasteiger partial charge in [-0.3, -0.25) is 4.79 Å². The molecule has 0 saturated carbocycles. The Morgan fingerprint density at radius 3 is 2.61 bits per heavy atom. The third kappa shape index (κ3) is 3.55. The summed E-state index contributed by atoms with van der Waals surface area (Å²) in [5.41, 5.74) is 3.46. The first kappa shape index (κ1) is 18.4. The van der Waals surface area contributed by atoms with Crippen LogP contribution in [0.25, 0.3) is 22.6 Å². The van der Waals surface area contributed by atoms with Crippen LogP contribution < -0.4 is 0 Å². The Kier molecular flexibility index (Phi) is 4.96. The second-order valence-electron chi connectivity index (χ2n) is 7.37. The average Bonchev–Trinajstić information content (AvgIpc) is 3.35. The second-order valence-corrected chi connectivity index (χ2v) is 7.37. The van der Waals surface area contributed by atoms with Crippen molar-refractivity contribution in [3.63, 3.8) is 0 Å². The summed E-state index contributed by atoms with van der Waals surface area (Å²) in [6.07, 6.45) is 1.01. The van der Waals surface area contributed by atoms with Crippen LogP contribution in [0.15, 0.2) is 52.9 Å². The van der Waals surface area contributed by atoms with E-state index in [1.54, 1.807) is 6.92 Å². The molecule has 0 spiro atoms. The number of amides is 1. The molecule has 1 aliphatic rings. The average molecular weight is 376 g/mol. The normalized spacial score (nSPS) is 17.0. The number of aryl methyl sites for hydroxylation is 1. The van der Waals surface area contributed by atoms with Gasteiger partial charge in [-0.05, 0) is 49.3 Å². The van der Waals surface area contributed by atoms with Gasteiger partial charge in [0, 0.05) is 37.7 Å². The highest BCUT2D eigenvalue weighted by Gasteiger charge is 2.27. The van der Waals surface area contributed by atoms with Crippen molar-refractivity contribution in [1.82, 2.24) is 20.0 Å². The summed E-state index contributed by atoms with van der Waals surface area (Å²) in [5.74, 6) is 1.06. The number of hydrogen-bond acceptors (Lipinski definition) is 5. The van der Waals surface area contributed by atoms with E-state index in [9.17, 15) is 4.79 Å². The van der Waals surface area contributed by atoms with Gasteiger partial charge in [-0.1, -0.05) is 30.3 Å². The first-order valence-corrected chi connectivity index (χ1v) is 9.48. The maximum Gasteiger partial charge on any atom is 0.253 e. The number of likely N-dealkylation sites (N-methyl/N-ethyl adjacent to an activating group) is 2. The maximum atomic E-state index is 13.0. The van der Waals surface area contributed by atoms with Crippen LogP contribution in [0.3, 0.4) is 0 Å². The van der Waals surface area contributed by atoms with Gasteiger partial charge in [0.05, 0.1) is 0 Å². The third-order valence-electron chi connectivity index (χ3n) is 5.34. The molecule has 144 valence electrons. The molecule has 0 aliphatic carbocycles. The van der Waals surface area contributed by atoms with Crippen LogP contribution in [-0.2, 0) is 0 Å². The number of rotatable bonds is 4. The highest BCUT2D eigenvalue weighted by atomic mass is 16.4. The van der Waals surface area contributed by atoms with Gasteiger partial charge in [-0.15, -0.1) is 10.2 Å². The van der Waals surface area contributed by atoms with E-state index in [-0.39, 0.29) is 11.9 Å². The molecule has 1 aliphatic heterocycles. The molecule has 0 bridgehead atoms. The van der Waals surface area contributed by atoms with Crippen LogP contribution in [0.5, 0.6) is 0 Å². The third-order valence-corrected chi connectivity index (χ3v) is 5.34. The summed E-state index contributed by atoms with van der Waals surface area (Å²) < 4.78 is 5.62. The summed E-state index contributed by atoms with van der Waals surface area (Å²) in [4.78, 5) is 17.2. The summed E-state index contributed by atoms with van der Waals surface area (Å²) in [6, 6.07) is 15.9. The summed E-state index contributed by atoms with van der Waals surface area (Å²) in [5, 5.41) is 8.09. The Morgan fingerprint density at radius 2 is 1.93 bits per heavy atom.